The van der Waals surface area contributed by atoms with Gasteiger partial charge < -0.3 is 14.8 Å². The van der Waals surface area contributed by atoms with Crippen LogP contribution in [0.2, 0.25) is 0 Å². The molecule has 0 aliphatic rings. The number of hydrogen-bond donors (Lipinski definition) is 1. The molecule has 2 unspecified atom stereocenters. The number of hydrogen-bond acceptors (Lipinski definition) is 9. The van der Waals surface area contributed by atoms with Crippen molar-refractivity contribution in [3.05, 3.63) is 24.3 Å². The van der Waals surface area contributed by atoms with Crippen molar-refractivity contribution < 1.29 is 42.0 Å². The van der Waals surface area contributed by atoms with E-state index in [0.717, 1.165) is 64.2 Å². The standard InChI is InChI=1S/C46H86NO9P/c1-5-7-9-11-13-15-17-19-21-23-25-27-29-31-33-35-43(48)37-38-44(41-55-57(51,53-4)54-40-39-47-45(49)42-52-3)56-46(50)36-34-32-30-28-26-24-22-20-18-16-14-12-10-8-6-2/h19-22,44H,5-18,23-42H2,1-4H3,(H,47,49)/b21-19-,22-20-. The van der Waals surface area contributed by atoms with Crippen LogP contribution in [-0.4, -0.2) is 64.3 Å². The van der Waals surface area contributed by atoms with Crippen molar-refractivity contribution in [2.75, 3.05) is 40.6 Å². The van der Waals surface area contributed by atoms with Gasteiger partial charge in [-0.3, -0.25) is 28.0 Å². The molecule has 1 N–H and O–H groups in total. The van der Waals surface area contributed by atoms with Crippen molar-refractivity contribution in [1.82, 2.24) is 5.32 Å². The highest BCUT2D eigenvalue weighted by atomic mass is 31.2. The number of allylic oxidation sites excluding steroid dienone is 4. The Balaban J connectivity index is 4.55. The summed E-state index contributed by atoms with van der Waals surface area (Å²) >= 11 is 0. The molecule has 0 saturated heterocycles. The number of esters is 1. The third kappa shape index (κ3) is 39.4. The summed E-state index contributed by atoms with van der Waals surface area (Å²) in [5, 5.41) is 2.57. The van der Waals surface area contributed by atoms with Crippen LogP contribution < -0.4 is 5.32 Å². The SMILES string of the molecule is CCCCCCCC/C=C\CCCCCCCC(=O)CCC(COP(=O)(OC)OCCNC(=O)COC)OC(=O)CCCCCCC/C=C\CCCCCCCC. The number of carbonyl (C=O) groups is 3. The van der Waals surface area contributed by atoms with E-state index < -0.39 is 13.9 Å². The van der Waals surface area contributed by atoms with E-state index in [1.165, 1.54) is 117 Å². The van der Waals surface area contributed by atoms with Gasteiger partial charge in [-0.1, -0.05) is 141 Å². The summed E-state index contributed by atoms with van der Waals surface area (Å²) in [4.78, 5) is 37.2. The molecule has 0 aliphatic carbocycles. The summed E-state index contributed by atoms with van der Waals surface area (Å²) in [7, 11) is -1.37. The maximum absolute atomic E-state index is 13.1. The first-order valence-electron chi connectivity index (χ1n) is 23.0. The molecule has 0 aromatic carbocycles. The highest BCUT2D eigenvalue weighted by molar-refractivity contribution is 7.48. The Labute approximate surface area is 349 Å². The third-order valence-corrected chi connectivity index (χ3v) is 11.4. The minimum Gasteiger partial charge on any atom is -0.460 e. The van der Waals surface area contributed by atoms with Gasteiger partial charge in [0.2, 0.25) is 5.91 Å². The van der Waals surface area contributed by atoms with Gasteiger partial charge in [0.05, 0.1) is 13.2 Å². The molecule has 0 bridgehead atoms. The predicted molar refractivity (Wildman–Crippen MR) is 234 cm³/mol. The first kappa shape index (κ1) is 55.2. The number of phosphoric acid groups is 1. The molecule has 0 rings (SSSR count). The van der Waals surface area contributed by atoms with Crippen LogP contribution in [0.4, 0.5) is 0 Å². The quantitative estimate of drug-likeness (QED) is 0.0276. The van der Waals surface area contributed by atoms with Gasteiger partial charge in [-0.2, -0.15) is 0 Å². The van der Waals surface area contributed by atoms with Gasteiger partial charge in [-0.25, -0.2) is 4.57 Å². The zero-order valence-electron chi connectivity index (χ0n) is 37.0. The van der Waals surface area contributed by atoms with E-state index in [-0.39, 0.29) is 63.3 Å². The van der Waals surface area contributed by atoms with Crippen LogP contribution in [0.25, 0.3) is 0 Å². The average molecular weight is 828 g/mol. The van der Waals surface area contributed by atoms with Gasteiger partial charge in [0, 0.05) is 40.0 Å². The fourth-order valence-electron chi connectivity index (χ4n) is 6.45. The molecule has 0 spiro atoms. The Morgan fingerprint density at radius 2 is 1.04 bits per heavy atom. The van der Waals surface area contributed by atoms with Gasteiger partial charge in [-0.05, 0) is 70.6 Å². The van der Waals surface area contributed by atoms with Crippen LogP contribution in [0.5, 0.6) is 0 Å². The lowest BCUT2D eigenvalue weighted by molar-refractivity contribution is -0.152. The summed E-state index contributed by atoms with van der Waals surface area (Å²) in [6.45, 7) is 4.13. The molecule has 10 nitrogen and oxygen atoms in total. The molecule has 2 atom stereocenters. The van der Waals surface area contributed by atoms with Crippen LogP contribution in [0.3, 0.4) is 0 Å². The van der Waals surface area contributed by atoms with Crippen LogP contribution in [-0.2, 0) is 42.0 Å². The van der Waals surface area contributed by atoms with E-state index in [9.17, 15) is 18.9 Å². The maximum atomic E-state index is 13.1. The minimum absolute atomic E-state index is 0.0815. The first-order valence-corrected chi connectivity index (χ1v) is 24.5. The maximum Gasteiger partial charge on any atom is 0.474 e. The minimum atomic E-state index is -3.99. The number of ether oxygens (including phenoxy) is 2. The lowest BCUT2D eigenvalue weighted by Gasteiger charge is -2.21. The molecule has 334 valence electrons. The molecular formula is C46H86NO9P. The second-order valence-corrected chi connectivity index (χ2v) is 17.2. The summed E-state index contributed by atoms with van der Waals surface area (Å²) < 4.78 is 39.5. The van der Waals surface area contributed by atoms with Crippen LogP contribution in [0.1, 0.15) is 206 Å². The van der Waals surface area contributed by atoms with Gasteiger partial charge in [0.15, 0.2) is 0 Å². The smallest absolute Gasteiger partial charge is 0.460 e. The van der Waals surface area contributed by atoms with Crippen molar-refractivity contribution in [3.8, 4) is 0 Å². The lowest BCUT2D eigenvalue weighted by Crippen LogP contribution is -2.30. The van der Waals surface area contributed by atoms with E-state index >= 15 is 0 Å². The number of Topliss-reactive ketones (excluding diaryl/α,β-unsaturated/α-hetero) is 1. The number of nitrogens with one attached hydrogen (secondary N) is 1. The molecule has 0 aromatic rings. The highest BCUT2D eigenvalue weighted by Gasteiger charge is 2.28. The fraction of sp³-hybridized carbons (Fsp3) is 0.848. The first-order chi connectivity index (χ1) is 27.8. The summed E-state index contributed by atoms with van der Waals surface area (Å²) in [5.41, 5.74) is 0. The second-order valence-electron chi connectivity index (χ2n) is 15.4. The van der Waals surface area contributed by atoms with E-state index in [1.807, 2.05) is 0 Å². The zero-order chi connectivity index (χ0) is 41.9. The number of amides is 1. The van der Waals surface area contributed by atoms with Gasteiger partial charge in [0.25, 0.3) is 0 Å². The van der Waals surface area contributed by atoms with Crippen LogP contribution in [0, 0.1) is 0 Å². The van der Waals surface area contributed by atoms with Crippen LogP contribution >= 0.6 is 7.82 Å². The number of phosphoric ester groups is 1. The summed E-state index contributed by atoms with van der Waals surface area (Å²) in [5.74, 6) is -0.581. The summed E-state index contributed by atoms with van der Waals surface area (Å²) in [6, 6.07) is 0. The number of ketones is 1. The van der Waals surface area contributed by atoms with E-state index in [2.05, 4.69) is 43.5 Å². The normalized spacial score (nSPS) is 13.3. The lowest BCUT2D eigenvalue weighted by atomic mass is 10.0. The molecule has 0 aliphatic heterocycles. The monoisotopic (exact) mass is 828 g/mol. The topological polar surface area (TPSA) is 126 Å². The molecule has 57 heavy (non-hydrogen) atoms. The number of carbonyl (C=O) groups excluding carboxylic acids is 3. The molecule has 0 fully saturated rings. The zero-order valence-corrected chi connectivity index (χ0v) is 37.9. The Kier molecular flexibility index (Phi) is 40.9. The third-order valence-electron chi connectivity index (χ3n) is 9.99. The second kappa shape index (κ2) is 42.3. The molecule has 1 amide bonds. The Morgan fingerprint density at radius 3 is 1.51 bits per heavy atom. The average Bonchev–Trinajstić information content (AvgIpc) is 3.20. The molecule has 0 radical (unpaired) electrons. The van der Waals surface area contributed by atoms with Gasteiger partial charge >= 0.3 is 13.8 Å². The molecule has 11 heteroatoms. The van der Waals surface area contributed by atoms with E-state index in [1.54, 1.807) is 0 Å². The van der Waals surface area contributed by atoms with Crippen LogP contribution in [0.15, 0.2) is 24.3 Å². The van der Waals surface area contributed by atoms with Gasteiger partial charge in [0.1, 0.15) is 18.5 Å². The van der Waals surface area contributed by atoms with E-state index in [0.29, 0.717) is 6.42 Å². The molecule has 0 saturated carbocycles. The van der Waals surface area contributed by atoms with Crippen molar-refractivity contribution in [3.63, 3.8) is 0 Å². The molecular weight excluding hydrogens is 741 g/mol. The van der Waals surface area contributed by atoms with Crippen molar-refractivity contribution >= 4 is 25.5 Å². The molecule has 0 heterocycles. The number of rotatable bonds is 44. The fourth-order valence-corrected chi connectivity index (χ4v) is 7.40. The van der Waals surface area contributed by atoms with Crippen molar-refractivity contribution in [2.45, 2.75) is 213 Å². The highest BCUT2D eigenvalue weighted by Crippen LogP contribution is 2.48. The summed E-state index contributed by atoms with van der Waals surface area (Å²) in [6.07, 6.45) is 40.7. The Morgan fingerprint density at radius 1 is 0.579 bits per heavy atom. The molecule has 0 aromatic heterocycles. The van der Waals surface area contributed by atoms with E-state index in [4.69, 9.17) is 23.0 Å². The van der Waals surface area contributed by atoms with Crippen molar-refractivity contribution in [2.24, 2.45) is 0 Å². The van der Waals surface area contributed by atoms with Gasteiger partial charge in [-0.15, -0.1) is 0 Å². The number of methoxy groups -OCH3 is 1. The number of unbranched alkanes of at least 4 members (excludes halogenated alkanes) is 22. The Hall–Kier alpha value is -1.84. The van der Waals surface area contributed by atoms with Crippen molar-refractivity contribution in [1.29, 1.82) is 0 Å². The predicted octanol–water partition coefficient (Wildman–Crippen LogP) is 12.9. The Bertz CT molecular complexity index is 1050. The largest absolute Gasteiger partial charge is 0.474 e.